The summed E-state index contributed by atoms with van der Waals surface area (Å²) < 4.78 is 5.75. The molecule has 3 aliphatic heterocycles. The number of rotatable bonds is 7. The molecule has 3 aliphatic rings. The average Bonchev–Trinajstić information content (AvgIpc) is 3.46. The predicted molar refractivity (Wildman–Crippen MR) is 110 cm³/mol. The van der Waals surface area contributed by atoms with Crippen molar-refractivity contribution >= 4 is 17.7 Å². The minimum absolute atomic E-state index is 0.00898. The summed E-state index contributed by atoms with van der Waals surface area (Å²) in [6.07, 6.45) is 6.48. The SMILES string of the molecule is CC[C@H](C)C(=O)N1CCC[C@H](C(=O)N(CC(=O)N2CCCC2)C[C@H]2CCCO2)C1. The van der Waals surface area contributed by atoms with Crippen LogP contribution in [0.5, 0.6) is 0 Å². The number of hydrogen-bond donors (Lipinski definition) is 0. The molecule has 3 saturated heterocycles. The first-order chi connectivity index (χ1) is 14.0. The van der Waals surface area contributed by atoms with Crippen LogP contribution < -0.4 is 0 Å². The molecule has 0 spiro atoms. The number of ether oxygens (including phenoxy) is 1. The third-order valence-corrected chi connectivity index (χ3v) is 6.66. The van der Waals surface area contributed by atoms with E-state index in [9.17, 15) is 14.4 Å². The van der Waals surface area contributed by atoms with E-state index in [0.29, 0.717) is 13.1 Å². The summed E-state index contributed by atoms with van der Waals surface area (Å²) in [4.78, 5) is 44.2. The summed E-state index contributed by atoms with van der Waals surface area (Å²) in [6.45, 7) is 8.10. The normalized spacial score (nSPS) is 25.9. The van der Waals surface area contributed by atoms with E-state index in [2.05, 4.69) is 0 Å². The number of nitrogens with zero attached hydrogens (tertiary/aromatic N) is 3. The largest absolute Gasteiger partial charge is 0.376 e. The van der Waals surface area contributed by atoms with Crippen molar-refractivity contribution in [2.75, 3.05) is 45.9 Å². The van der Waals surface area contributed by atoms with Gasteiger partial charge in [0, 0.05) is 45.2 Å². The third-order valence-electron chi connectivity index (χ3n) is 6.66. The average molecular weight is 408 g/mol. The Bertz CT molecular complexity index is 585. The Balaban J connectivity index is 1.65. The van der Waals surface area contributed by atoms with Crippen LogP contribution in [0.15, 0.2) is 0 Å². The van der Waals surface area contributed by atoms with Crippen molar-refractivity contribution in [3.05, 3.63) is 0 Å². The molecule has 3 rings (SSSR count). The molecule has 0 aromatic heterocycles. The molecule has 0 radical (unpaired) electrons. The van der Waals surface area contributed by atoms with Gasteiger partial charge in [-0.15, -0.1) is 0 Å². The Labute approximate surface area is 174 Å². The molecule has 3 fully saturated rings. The number of piperidine rings is 1. The summed E-state index contributed by atoms with van der Waals surface area (Å²) in [7, 11) is 0. The van der Waals surface area contributed by atoms with Crippen molar-refractivity contribution in [3.63, 3.8) is 0 Å². The molecular weight excluding hydrogens is 370 g/mol. The Morgan fingerprint density at radius 1 is 1.03 bits per heavy atom. The standard InChI is InChI=1S/C22H37N3O4/c1-3-17(2)21(27)24-12-6-8-18(14-24)22(28)25(15-19-9-7-13-29-19)16-20(26)23-10-4-5-11-23/h17-19H,3-16H2,1-2H3/t17-,18-,19+/m0/s1. The fraction of sp³-hybridized carbons (Fsp3) is 0.864. The van der Waals surface area contributed by atoms with Crippen LogP contribution in [0, 0.1) is 11.8 Å². The van der Waals surface area contributed by atoms with E-state index in [1.54, 1.807) is 4.90 Å². The van der Waals surface area contributed by atoms with Gasteiger partial charge in [-0.3, -0.25) is 14.4 Å². The first-order valence-corrected chi connectivity index (χ1v) is 11.5. The molecule has 3 amide bonds. The zero-order chi connectivity index (χ0) is 20.8. The molecule has 0 saturated carbocycles. The minimum atomic E-state index is -0.218. The highest BCUT2D eigenvalue weighted by atomic mass is 16.5. The van der Waals surface area contributed by atoms with Gasteiger partial charge in [0.2, 0.25) is 17.7 Å². The van der Waals surface area contributed by atoms with Gasteiger partial charge < -0.3 is 19.4 Å². The van der Waals surface area contributed by atoms with Crippen LogP contribution in [0.2, 0.25) is 0 Å². The smallest absolute Gasteiger partial charge is 0.242 e. The Morgan fingerprint density at radius 2 is 1.76 bits per heavy atom. The van der Waals surface area contributed by atoms with Gasteiger partial charge in [0.15, 0.2) is 0 Å². The molecule has 7 heteroatoms. The lowest BCUT2D eigenvalue weighted by Crippen LogP contribution is -2.51. The maximum atomic E-state index is 13.4. The lowest BCUT2D eigenvalue weighted by atomic mass is 9.94. The molecule has 0 aromatic carbocycles. The summed E-state index contributed by atoms with van der Waals surface area (Å²) in [5, 5.41) is 0. The van der Waals surface area contributed by atoms with E-state index in [-0.39, 0.29) is 42.2 Å². The minimum Gasteiger partial charge on any atom is -0.376 e. The van der Waals surface area contributed by atoms with Gasteiger partial charge >= 0.3 is 0 Å². The Hall–Kier alpha value is -1.63. The molecule has 164 valence electrons. The fourth-order valence-electron chi connectivity index (χ4n) is 4.62. The zero-order valence-corrected chi connectivity index (χ0v) is 18.1. The fourth-order valence-corrected chi connectivity index (χ4v) is 4.62. The van der Waals surface area contributed by atoms with Crippen LogP contribution in [0.4, 0.5) is 0 Å². The summed E-state index contributed by atoms with van der Waals surface area (Å²) in [5.41, 5.74) is 0. The van der Waals surface area contributed by atoms with Crippen molar-refractivity contribution in [2.24, 2.45) is 11.8 Å². The van der Waals surface area contributed by atoms with Crippen molar-refractivity contribution in [2.45, 2.75) is 64.9 Å². The van der Waals surface area contributed by atoms with Crippen LogP contribution in [-0.4, -0.2) is 84.4 Å². The van der Waals surface area contributed by atoms with E-state index in [0.717, 1.165) is 71.2 Å². The topological polar surface area (TPSA) is 70.2 Å². The van der Waals surface area contributed by atoms with Crippen LogP contribution in [0.1, 0.15) is 58.8 Å². The molecule has 0 unspecified atom stereocenters. The van der Waals surface area contributed by atoms with Gasteiger partial charge in [0.1, 0.15) is 0 Å². The van der Waals surface area contributed by atoms with E-state index in [1.807, 2.05) is 23.6 Å². The monoisotopic (exact) mass is 407 g/mol. The predicted octanol–water partition coefficient (Wildman–Crippen LogP) is 1.90. The van der Waals surface area contributed by atoms with Crippen LogP contribution in [-0.2, 0) is 19.1 Å². The number of likely N-dealkylation sites (tertiary alicyclic amines) is 2. The van der Waals surface area contributed by atoms with Crippen LogP contribution >= 0.6 is 0 Å². The lowest BCUT2D eigenvalue weighted by Gasteiger charge is -2.36. The van der Waals surface area contributed by atoms with Crippen molar-refractivity contribution in [1.82, 2.24) is 14.7 Å². The van der Waals surface area contributed by atoms with E-state index in [4.69, 9.17) is 4.74 Å². The van der Waals surface area contributed by atoms with Crippen LogP contribution in [0.25, 0.3) is 0 Å². The molecule has 3 atom stereocenters. The number of amides is 3. The highest BCUT2D eigenvalue weighted by molar-refractivity contribution is 5.87. The highest BCUT2D eigenvalue weighted by Gasteiger charge is 2.35. The maximum Gasteiger partial charge on any atom is 0.242 e. The molecule has 0 bridgehead atoms. The molecule has 0 aromatic rings. The van der Waals surface area contributed by atoms with Gasteiger partial charge in [0.25, 0.3) is 0 Å². The van der Waals surface area contributed by atoms with Crippen molar-refractivity contribution in [3.8, 4) is 0 Å². The quantitative estimate of drug-likeness (QED) is 0.646. The molecule has 3 heterocycles. The second kappa shape index (κ2) is 10.4. The van der Waals surface area contributed by atoms with Gasteiger partial charge in [0.05, 0.1) is 18.6 Å². The third kappa shape index (κ3) is 5.71. The zero-order valence-electron chi connectivity index (χ0n) is 18.1. The Morgan fingerprint density at radius 3 is 2.41 bits per heavy atom. The molecular formula is C22H37N3O4. The number of hydrogen-bond acceptors (Lipinski definition) is 4. The molecule has 0 N–H and O–H groups in total. The number of carbonyl (C=O) groups is 3. The van der Waals surface area contributed by atoms with E-state index < -0.39 is 0 Å². The van der Waals surface area contributed by atoms with Crippen molar-refractivity contribution < 1.29 is 19.1 Å². The van der Waals surface area contributed by atoms with Gasteiger partial charge in [-0.25, -0.2) is 0 Å². The Kier molecular flexibility index (Phi) is 7.92. The van der Waals surface area contributed by atoms with Crippen LogP contribution in [0.3, 0.4) is 0 Å². The number of carbonyl (C=O) groups excluding carboxylic acids is 3. The van der Waals surface area contributed by atoms with E-state index >= 15 is 0 Å². The maximum absolute atomic E-state index is 13.4. The first-order valence-electron chi connectivity index (χ1n) is 11.5. The summed E-state index contributed by atoms with van der Waals surface area (Å²) >= 11 is 0. The summed E-state index contributed by atoms with van der Waals surface area (Å²) in [5.74, 6) is -0.0381. The summed E-state index contributed by atoms with van der Waals surface area (Å²) in [6, 6.07) is 0. The lowest BCUT2D eigenvalue weighted by molar-refractivity contribution is -0.147. The van der Waals surface area contributed by atoms with E-state index in [1.165, 1.54) is 0 Å². The molecule has 29 heavy (non-hydrogen) atoms. The first kappa shape index (κ1) is 22.1. The van der Waals surface area contributed by atoms with Gasteiger partial charge in [-0.2, -0.15) is 0 Å². The second-order valence-corrected chi connectivity index (χ2v) is 8.87. The molecule has 0 aliphatic carbocycles. The second-order valence-electron chi connectivity index (χ2n) is 8.87. The van der Waals surface area contributed by atoms with Crippen molar-refractivity contribution in [1.29, 1.82) is 0 Å². The van der Waals surface area contributed by atoms with Gasteiger partial charge in [-0.05, 0) is 44.9 Å². The van der Waals surface area contributed by atoms with Gasteiger partial charge in [-0.1, -0.05) is 13.8 Å². The molecule has 7 nitrogen and oxygen atoms in total. The highest BCUT2D eigenvalue weighted by Crippen LogP contribution is 2.23.